The lowest BCUT2D eigenvalue weighted by Gasteiger charge is -2.08. The van der Waals surface area contributed by atoms with Gasteiger partial charge in [0.1, 0.15) is 0 Å². The van der Waals surface area contributed by atoms with Crippen molar-refractivity contribution >= 4 is 17.3 Å². The Morgan fingerprint density at radius 3 is 3.00 bits per heavy atom. The van der Waals surface area contributed by atoms with Crippen molar-refractivity contribution in [3.05, 3.63) is 28.8 Å². The smallest absolute Gasteiger partial charge is 0.0640 e. The number of nitrogens with zero attached hydrogens (tertiary/aromatic N) is 1. The highest BCUT2D eigenvalue weighted by Gasteiger charge is 1.99. The lowest BCUT2D eigenvalue weighted by atomic mass is 10.2. The third kappa shape index (κ3) is 2.64. The first-order valence-electron chi connectivity index (χ1n) is 4.11. The van der Waals surface area contributed by atoms with Gasteiger partial charge in [-0.25, -0.2) is 0 Å². The minimum Gasteiger partial charge on any atom is -0.384 e. The van der Waals surface area contributed by atoms with Crippen molar-refractivity contribution in [3.63, 3.8) is 0 Å². The average molecular weight is 195 g/mol. The van der Waals surface area contributed by atoms with Crippen LogP contribution in [0.4, 0.5) is 5.69 Å². The summed E-state index contributed by atoms with van der Waals surface area (Å²) in [6.45, 7) is 2.62. The third-order valence-corrected chi connectivity index (χ3v) is 2.23. The Morgan fingerprint density at radius 2 is 2.31 bits per heavy atom. The quantitative estimate of drug-likeness (QED) is 0.751. The molecule has 2 nitrogen and oxygen atoms in total. The largest absolute Gasteiger partial charge is 0.384 e. The van der Waals surface area contributed by atoms with Gasteiger partial charge in [0, 0.05) is 17.3 Å². The molecule has 0 atom stereocenters. The number of hydrogen-bond donors (Lipinski definition) is 1. The van der Waals surface area contributed by atoms with E-state index >= 15 is 0 Å². The fraction of sp³-hybridized carbons (Fsp3) is 0.300. The number of nitriles is 1. The van der Waals surface area contributed by atoms with Crippen molar-refractivity contribution in [2.75, 3.05) is 11.9 Å². The molecule has 0 bridgehead atoms. The zero-order chi connectivity index (χ0) is 9.68. The molecule has 0 heterocycles. The molecule has 3 heteroatoms. The minimum atomic E-state index is 0.506. The maximum Gasteiger partial charge on any atom is 0.0640 e. The van der Waals surface area contributed by atoms with E-state index in [1.807, 2.05) is 25.1 Å². The van der Waals surface area contributed by atoms with Crippen molar-refractivity contribution in [1.82, 2.24) is 0 Å². The second-order valence-electron chi connectivity index (χ2n) is 2.75. The molecule has 0 radical (unpaired) electrons. The predicted molar refractivity (Wildman–Crippen MR) is 54.9 cm³/mol. The van der Waals surface area contributed by atoms with E-state index in [4.69, 9.17) is 16.9 Å². The molecule has 0 aromatic heterocycles. The van der Waals surface area contributed by atoms with E-state index in [2.05, 4.69) is 11.4 Å². The van der Waals surface area contributed by atoms with E-state index in [9.17, 15) is 0 Å². The summed E-state index contributed by atoms with van der Waals surface area (Å²) in [5, 5.41) is 12.3. The van der Waals surface area contributed by atoms with Crippen molar-refractivity contribution < 1.29 is 0 Å². The predicted octanol–water partition coefficient (Wildman–Crippen LogP) is 2.97. The van der Waals surface area contributed by atoms with Gasteiger partial charge in [-0.1, -0.05) is 17.7 Å². The molecule has 0 aliphatic heterocycles. The second kappa shape index (κ2) is 4.74. The fourth-order valence-electron chi connectivity index (χ4n) is 1.05. The van der Waals surface area contributed by atoms with E-state index in [1.54, 1.807) is 0 Å². The molecule has 0 amide bonds. The van der Waals surface area contributed by atoms with Gasteiger partial charge >= 0.3 is 0 Å². The van der Waals surface area contributed by atoms with Gasteiger partial charge in [-0.2, -0.15) is 5.26 Å². The van der Waals surface area contributed by atoms with Gasteiger partial charge in [-0.15, -0.1) is 0 Å². The summed E-state index contributed by atoms with van der Waals surface area (Å²) in [5.41, 5.74) is 2.03. The van der Waals surface area contributed by atoms with Gasteiger partial charge in [0.2, 0.25) is 0 Å². The van der Waals surface area contributed by atoms with Crippen LogP contribution in [-0.4, -0.2) is 6.54 Å². The van der Waals surface area contributed by atoms with Crippen molar-refractivity contribution in [2.45, 2.75) is 13.3 Å². The van der Waals surface area contributed by atoms with Crippen LogP contribution in [0.25, 0.3) is 0 Å². The summed E-state index contributed by atoms with van der Waals surface area (Å²) in [5.74, 6) is 0. The molecular formula is C10H11ClN2. The van der Waals surface area contributed by atoms with Crippen LogP contribution in [0.3, 0.4) is 0 Å². The van der Waals surface area contributed by atoms with Gasteiger partial charge in [0.05, 0.1) is 12.5 Å². The standard InChI is InChI=1S/C10H11ClN2/c1-8-9(11)4-2-5-10(8)13-7-3-6-12/h2,4-5,13H,3,7H2,1H3. The van der Waals surface area contributed by atoms with Crippen LogP contribution >= 0.6 is 11.6 Å². The third-order valence-electron chi connectivity index (χ3n) is 1.82. The summed E-state index contributed by atoms with van der Waals surface area (Å²) in [4.78, 5) is 0. The second-order valence-corrected chi connectivity index (χ2v) is 3.15. The van der Waals surface area contributed by atoms with Crippen LogP contribution in [0.2, 0.25) is 5.02 Å². The number of rotatable bonds is 3. The zero-order valence-electron chi connectivity index (χ0n) is 7.47. The molecule has 0 fully saturated rings. The van der Waals surface area contributed by atoms with E-state index in [0.717, 1.165) is 16.3 Å². The summed E-state index contributed by atoms with van der Waals surface area (Å²) in [6.07, 6.45) is 0.506. The number of nitrogens with one attached hydrogen (secondary N) is 1. The molecule has 0 saturated carbocycles. The van der Waals surface area contributed by atoms with Gasteiger partial charge in [-0.05, 0) is 24.6 Å². The molecular weight excluding hydrogens is 184 g/mol. The number of hydrogen-bond acceptors (Lipinski definition) is 2. The molecule has 68 valence electrons. The lowest BCUT2D eigenvalue weighted by Crippen LogP contribution is -2.01. The minimum absolute atomic E-state index is 0.506. The Bertz CT molecular complexity index is 328. The Balaban J connectivity index is 2.67. The molecule has 1 aromatic rings. The van der Waals surface area contributed by atoms with Gasteiger partial charge in [0.25, 0.3) is 0 Å². The van der Waals surface area contributed by atoms with Crippen LogP contribution < -0.4 is 5.32 Å². The van der Waals surface area contributed by atoms with Gasteiger partial charge in [-0.3, -0.25) is 0 Å². The highest BCUT2D eigenvalue weighted by Crippen LogP contribution is 2.22. The molecule has 0 saturated heterocycles. The summed E-state index contributed by atoms with van der Waals surface area (Å²) in [6, 6.07) is 7.78. The molecule has 0 aliphatic carbocycles. The maximum absolute atomic E-state index is 8.35. The zero-order valence-corrected chi connectivity index (χ0v) is 8.23. The first-order chi connectivity index (χ1) is 6.25. The van der Waals surface area contributed by atoms with Crippen LogP contribution in [0.15, 0.2) is 18.2 Å². The molecule has 1 aromatic carbocycles. The van der Waals surface area contributed by atoms with E-state index in [-0.39, 0.29) is 0 Å². The summed E-state index contributed by atoms with van der Waals surface area (Å²) >= 11 is 5.92. The molecule has 1 rings (SSSR count). The lowest BCUT2D eigenvalue weighted by molar-refractivity contribution is 1.07. The molecule has 1 N–H and O–H groups in total. The van der Waals surface area contributed by atoms with Crippen LogP contribution in [0.5, 0.6) is 0 Å². The van der Waals surface area contributed by atoms with E-state index in [0.29, 0.717) is 13.0 Å². The molecule has 13 heavy (non-hydrogen) atoms. The first kappa shape index (κ1) is 9.88. The Labute approximate surface area is 83.1 Å². The molecule has 0 spiro atoms. The van der Waals surface area contributed by atoms with E-state index in [1.165, 1.54) is 0 Å². The van der Waals surface area contributed by atoms with Crippen LogP contribution in [-0.2, 0) is 0 Å². The van der Waals surface area contributed by atoms with Crippen molar-refractivity contribution in [2.24, 2.45) is 0 Å². The maximum atomic E-state index is 8.35. The highest BCUT2D eigenvalue weighted by atomic mass is 35.5. The average Bonchev–Trinajstić information content (AvgIpc) is 2.13. The number of anilines is 1. The SMILES string of the molecule is Cc1c(Cl)cccc1NCCC#N. The topological polar surface area (TPSA) is 35.8 Å². The Hall–Kier alpha value is -1.20. The van der Waals surface area contributed by atoms with Crippen LogP contribution in [0.1, 0.15) is 12.0 Å². The summed E-state index contributed by atoms with van der Waals surface area (Å²) < 4.78 is 0. The van der Waals surface area contributed by atoms with Gasteiger partial charge in [0.15, 0.2) is 0 Å². The van der Waals surface area contributed by atoms with Gasteiger partial charge < -0.3 is 5.32 Å². The molecule has 0 unspecified atom stereocenters. The summed E-state index contributed by atoms with van der Waals surface area (Å²) in [7, 11) is 0. The Kier molecular flexibility index (Phi) is 3.60. The van der Waals surface area contributed by atoms with E-state index < -0.39 is 0 Å². The highest BCUT2D eigenvalue weighted by molar-refractivity contribution is 6.31. The normalized spacial score (nSPS) is 9.31. The first-order valence-corrected chi connectivity index (χ1v) is 4.49. The Morgan fingerprint density at radius 1 is 1.54 bits per heavy atom. The van der Waals surface area contributed by atoms with Crippen molar-refractivity contribution in [1.29, 1.82) is 5.26 Å². The monoisotopic (exact) mass is 194 g/mol. The number of halogens is 1. The fourth-order valence-corrected chi connectivity index (χ4v) is 1.23. The number of benzene rings is 1. The molecule has 0 aliphatic rings. The van der Waals surface area contributed by atoms with Crippen LogP contribution in [0, 0.1) is 18.3 Å². The van der Waals surface area contributed by atoms with Crippen molar-refractivity contribution in [3.8, 4) is 6.07 Å².